The number of hydrogen-bond acceptors (Lipinski definition) is 7. The Bertz CT molecular complexity index is 718. The van der Waals surface area contributed by atoms with Crippen molar-refractivity contribution >= 4 is 23.9 Å². The minimum absolute atomic E-state index is 0.134. The van der Waals surface area contributed by atoms with Crippen molar-refractivity contribution in [1.29, 1.82) is 0 Å². The average molecular weight is 339 g/mol. The number of nitrogens with two attached hydrogens (primary N) is 1. The van der Waals surface area contributed by atoms with E-state index in [-0.39, 0.29) is 11.9 Å². The van der Waals surface area contributed by atoms with E-state index in [1.165, 1.54) is 6.08 Å². The largest absolute Gasteiger partial charge is 0.368 e. The lowest BCUT2D eigenvalue weighted by atomic mass is 9.98. The van der Waals surface area contributed by atoms with E-state index in [0.717, 1.165) is 37.4 Å². The number of nitrogens with one attached hydrogen (secondary N) is 1. The third kappa shape index (κ3) is 4.97. The number of amides is 1. The van der Waals surface area contributed by atoms with Gasteiger partial charge in [-0.3, -0.25) is 4.79 Å². The Balaban J connectivity index is 1.47. The Morgan fingerprint density at radius 2 is 2.04 bits per heavy atom. The lowest BCUT2D eigenvalue weighted by Crippen LogP contribution is -2.41. The Hall–Kier alpha value is -3.03. The second-order valence-electron chi connectivity index (χ2n) is 5.96. The van der Waals surface area contributed by atoms with Crippen molar-refractivity contribution in [3.63, 3.8) is 0 Å². The molecule has 2 aromatic rings. The van der Waals surface area contributed by atoms with Gasteiger partial charge in [0.05, 0.1) is 0 Å². The number of carbonyl (C=O) groups excluding carboxylic acids is 1. The number of hydrogen-bond donors (Lipinski definition) is 2. The van der Waals surface area contributed by atoms with Gasteiger partial charge in [0, 0.05) is 56.1 Å². The molecule has 1 amide bonds. The van der Waals surface area contributed by atoms with Crippen LogP contribution >= 0.6 is 0 Å². The smallest absolute Gasteiger partial charge is 0.244 e. The van der Waals surface area contributed by atoms with Crippen molar-refractivity contribution in [2.45, 2.75) is 12.8 Å². The molecule has 0 aliphatic carbocycles. The van der Waals surface area contributed by atoms with Crippen LogP contribution in [0.5, 0.6) is 0 Å². The Morgan fingerprint density at radius 1 is 1.28 bits per heavy atom. The van der Waals surface area contributed by atoms with E-state index in [0.29, 0.717) is 12.5 Å². The van der Waals surface area contributed by atoms with Gasteiger partial charge in [0.15, 0.2) is 0 Å². The molecule has 3 N–H and O–H groups in total. The molecular weight excluding hydrogens is 318 g/mol. The van der Waals surface area contributed by atoms with E-state index in [4.69, 9.17) is 5.73 Å². The molecule has 0 radical (unpaired) electrons. The van der Waals surface area contributed by atoms with Gasteiger partial charge in [-0.05, 0) is 30.9 Å². The molecule has 0 saturated carbocycles. The fourth-order valence-corrected chi connectivity index (χ4v) is 2.78. The van der Waals surface area contributed by atoms with E-state index in [1.54, 1.807) is 30.9 Å². The molecule has 1 atom stereocenters. The van der Waals surface area contributed by atoms with E-state index in [9.17, 15) is 4.79 Å². The fourth-order valence-electron chi connectivity index (χ4n) is 2.78. The Kier molecular flexibility index (Phi) is 5.50. The summed E-state index contributed by atoms with van der Waals surface area (Å²) in [7, 11) is 0. The quantitative estimate of drug-likeness (QED) is 0.779. The molecular formula is C17H21N7O. The molecule has 1 aliphatic heterocycles. The fraction of sp³-hybridized carbons (Fsp3) is 0.353. The van der Waals surface area contributed by atoms with Gasteiger partial charge in [0.2, 0.25) is 17.8 Å². The number of anilines is 2. The first-order valence-electron chi connectivity index (χ1n) is 8.26. The van der Waals surface area contributed by atoms with Crippen LogP contribution in [0.3, 0.4) is 0 Å². The van der Waals surface area contributed by atoms with Crippen LogP contribution in [0.15, 0.2) is 36.9 Å². The van der Waals surface area contributed by atoms with E-state index in [2.05, 4.69) is 30.2 Å². The molecule has 0 aromatic carbocycles. The summed E-state index contributed by atoms with van der Waals surface area (Å²) in [4.78, 5) is 30.5. The number of nitrogen functional groups attached to an aromatic ring is 1. The molecule has 1 unspecified atom stereocenters. The summed E-state index contributed by atoms with van der Waals surface area (Å²) in [6.45, 7) is 2.43. The third-order valence-electron chi connectivity index (χ3n) is 4.04. The normalized spacial score (nSPS) is 17.6. The van der Waals surface area contributed by atoms with Crippen molar-refractivity contribution in [2.24, 2.45) is 5.92 Å². The number of aromatic nitrogens is 4. The highest BCUT2D eigenvalue weighted by atomic mass is 16.1. The minimum Gasteiger partial charge on any atom is -0.368 e. The summed E-state index contributed by atoms with van der Waals surface area (Å²) in [6.07, 6.45) is 11.9. The first-order chi connectivity index (χ1) is 12.2. The standard InChI is InChI=1S/C17H21N7O/c18-16-22-9-13(10-23-16)4-5-15(25)21-11-14-3-1-8-24(12-14)17-19-6-2-7-20-17/h2,4-7,9-10,14H,1,3,8,11-12H2,(H,21,25)(H2,18,22,23)/b5-4+. The molecule has 1 saturated heterocycles. The lowest BCUT2D eigenvalue weighted by Gasteiger charge is -2.32. The molecule has 1 aliphatic rings. The number of piperidine rings is 1. The monoisotopic (exact) mass is 339 g/mol. The molecule has 1 fully saturated rings. The molecule has 2 aromatic heterocycles. The van der Waals surface area contributed by atoms with Crippen LogP contribution in [0.4, 0.5) is 11.9 Å². The predicted molar refractivity (Wildman–Crippen MR) is 95.5 cm³/mol. The molecule has 3 rings (SSSR count). The van der Waals surface area contributed by atoms with Gasteiger partial charge in [-0.15, -0.1) is 0 Å². The maximum atomic E-state index is 12.0. The summed E-state index contributed by atoms with van der Waals surface area (Å²) in [6, 6.07) is 1.81. The van der Waals surface area contributed by atoms with Crippen molar-refractivity contribution in [1.82, 2.24) is 25.3 Å². The van der Waals surface area contributed by atoms with Gasteiger partial charge in [-0.25, -0.2) is 19.9 Å². The first-order valence-corrected chi connectivity index (χ1v) is 8.26. The van der Waals surface area contributed by atoms with Crippen LogP contribution in [0.25, 0.3) is 6.08 Å². The summed E-state index contributed by atoms with van der Waals surface area (Å²) in [5, 5.41) is 2.95. The highest BCUT2D eigenvalue weighted by Gasteiger charge is 2.21. The maximum Gasteiger partial charge on any atom is 0.244 e. The van der Waals surface area contributed by atoms with Crippen LogP contribution in [0, 0.1) is 5.92 Å². The number of carbonyl (C=O) groups is 1. The number of rotatable bonds is 5. The summed E-state index contributed by atoms with van der Waals surface area (Å²) >= 11 is 0. The van der Waals surface area contributed by atoms with Crippen LogP contribution in [0.1, 0.15) is 18.4 Å². The van der Waals surface area contributed by atoms with Gasteiger partial charge in [0.1, 0.15) is 0 Å². The van der Waals surface area contributed by atoms with E-state index >= 15 is 0 Å². The Labute approximate surface area is 146 Å². The van der Waals surface area contributed by atoms with Crippen LogP contribution in [-0.2, 0) is 4.79 Å². The summed E-state index contributed by atoms with van der Waals surface area (Å²) in [5.41, 5.74) is 6.16. The van der Waals surface area contributed by atoms with Gasteiger partial charge in [-0.1, -0.05) is 0 Å². The summed E-state index contributed by atoms with van der Waals surface area (Å²) in [5.74, 6) is 1.22. The van der Waals surface area contributed by atoms with Crippen molar-refractivity contribution in [3.05, 3.63) is 42.5 Å². The molecule has 8 nitrogen and oxygen atoms in total. The van der Waals surface area contributed by atoms with Crippen molar-refractivity contribution in [3.8, 4) is 0 Å². The SMILES string of the molecule is Nc1ncc(/C=C/C(=O)NCC2CCCN(c3ncccn3)C2)cn1. The van der Waals surface area contributed by atoms with Crippen LogP contribution in [-0.4, -0.2) is 45.5 Å². The number of nitrogens with zero attached hydrogens (tertiary/aromatic N) is 5. The highest BCUT2D eigenvalue weighted by molar-refractivity contribution is 5.91. The maximum absolute atomic E-state index is 12.0. The van der Waals surface area contributed by atoms with Crippen molar-refractivity contribution in [2.75, 3.05) is 30.3 Å². The highest BCUT2D eigenvalue weighted by Crippen LogP contribution is 2.19. The minimum atomic E-state index is -0.134. The Morgan fingerprint density at radius 3 is 2.80 bits per heavy atom. The van der Waals surface area contributed by atoms with Gasteiger partial charge in [-0.2, -0.15) is 0 Å². The molecule has 130 valence electrons. The summed E-state index contributed by atoms with van der Waals surface area (Å²) < 4.78 is 0. The lowest BCUT2D eigenvalue weighted by molar-refractivity contribution is -0.116. The zero-order valence-corrected chi connectivity index (χ0v) is 13.9. The molecule has 0 spiro atoms. The molecule has 25 heavy (non-hydrogen) atoms. The van der Waals surface area contributed by atoms with Crippen LogP contribution in [0.2, 0.25) is 0 Å². The molecule has 8 heteroatoms. The third-order valence-corrected chi connectivity index (χ3v) is 4.04. The molecule has 3 heterocycles. The second kappa shape index (κ2) is 8.18. The first kappa shape index (κ1) is 16.8. The van der Waals surface area contributed by atoms with Gasteiger partial charge in [0.25, 0.3) is 0 Å². The van der Waals surface area contributed by atoms with E-state index in [1.807, 2.05) is 6.07 Å². The zero-order valence-electron chi connectivity index (χ0n) is 13.9. The predicted octanol–water partition coefficient (Wildman–Crippen LogP) is 0.895. The topological polar surface area (TPSA) is 110 Å². The second-order valence-corrected chi connectivity index (χ2v) is 5.96. The molecule has 0 bridgehead atoms. The van der Waals surface area contributed by atoms with Crippen molar-refractivity contribution < 1.29 is 4.79 Å². The van der Waals surface area contributed by atoms with Gasteiger partial charge >= 0.3 is 0 Å². The van der Waals surface area contributed by atoms with Gasteiger partial charge < -0.3 is 16.0 Å². The zero-order chi connectivity index (χ0) is 17.5. The average Bonchev–Trinajstić information content (AvgIpc) is 2.67. The van der Waals surface area contributed by atoms with Crippen LogP contribution < -0.4 is 16.0 Å². The van der Waals surface area contributed by atoms with E-state index < -0.39 is 0 Å².